The SMILES string of the molecule is CS(=O)(=O)C1CSCCN1C(=NC1CCCCC1)NN. The fourth-order valence-electron chi connectivity index (χ4n) is 2.76. The van der Waals surface area contributed by atoms with Crippen LogP contribution in [0.5, 0.6) is 0 Å². The van der Waals surface area contributed by atoms with Crippen LogP contribution in [-0.2, 0) is 9.84 Å². The number of nitrogens with one attached hydrogen (secondary N) is 1. The van der Waals surface area contributed by atoms with Crippen molar-refractivity contribution in [3.05, 3.63) is 0 Å². The zero-order valence-electron chi connectivity index (χ0n) is 11.9. The second kappa shape index (κ2) is 7.00. The summed E-state index contributed by atoms with van der Waals surface area (Å²) in [5.41, 5.74) is 2.62. The highest BCUT2D eigenvalue weighted by molar-refractivity contribution is 8.00. The zero-order valence-corrected chi connectivity index (χ0v) is 13.5. The summed E-state index contributed by atoms with van der Waals surface area (Å²) in [6, 6.07) is 0.268. The van der Waals surface area contributed by atoms with Gasteiger partial charge in [0.25, 0.3) is 0 Å². The summed E-state index contributed by atoms with van der Waals surface area (Å²) >= 11 is 1.66. The monoisotopic (exact) mass is 320 g/mol. The van der Waals surface area contributed by atoms with E-state index in [4.69, 9.17) is 5.84 Å². The Hall–Kier alpha value is -0.470. The minimum Gasteiger partial charge on any atom is -0.323 e. The second-order valence-corrected chi connectivity index (χ2v) is 8.79. The number of hydrogen-bond donors (Lipinski definition) is 2. The molecule has 0 aromatic heterocycles. The van der Waals surface area contributed by atoms with Crippen LogP contribution in [0.2, 0.25) is 0 Å². The van der Waals surface area contributed by atoms with Crippen LogP contribution in [0.1, 0.15) is 32.1 Å². The third-order valence-corrected chi connectivity index (χ3v) is 6.50. The molecule has 2 rings (SSSR count). The van der Waals surface area contributed by atoms with Crippen molar-refractivity contribution in [2.24, 2.45) is 10.8 Å². The number of rotatable bonds is 2. The van der Waals surface area contributed by atoms with Gasteiger partial charge in [0.15, 0.2) is 9.84 Å². The normalized spacial score (nSPS) is 26.6. The highest BCUT2D eigenvalue weighted by Crippen LogP contribution is 2.23. The van der Waals surface area contributed by atoms with Gasteiger partial charge in [-0.25, -0.2) is 19.3 Å². The molecular weight excluding hydrogens is 296 g/mol. The summed E-state index contributed by atoms with van der Waals surface area (Å²) in [6.07, 6.45) is 7.07. The molecule has 1 saturated heterocycles. The molecule has 6 nitrogen and oxygen atoms in total. The van der Waals surface area contributed by atoms with Crippen LogP contribution >= 0.6 is 11.8 Å². The van der Waals surface area contributed by atoms with E-state index in [-0.39, 0.29) is 6.04 Å². The summed E-state index contributed by atoms with van der Waals surface area (Å²) in [5, 5.41) is -0.528. The van der Waals surface area contributed by atoms with E-state index in [2.05, 4.69) is 10.4 Å². The van der Waals surface area contributed by atoms with Gasteiger partial charge in [-0.05, 0) is 12.8 Å². The van der Waals surface area contributed by atoms with Gasteiger partial charge in [0.05, 0.1) is 6.04 Å². The van der Waals surface area contributed by atoms with E-state index >= 15 is 0 Å². The van der Waals surface area contributed by atoms with Gasteiger partial charge >= 0.3 is 0 Å². The van der Waals surface area contributed by atoms with Crippen molar-refractivity contribution >= 4 is 27.6 Å². The molecule has 0 spiro atoms. The highest BCUT2D eigenvalue weighted by atomic mass is 32.2. The second-order valence-electron chi connectivity index (χ2n) is 5.44. The number of hydrogen-bond acceptors (Lipinski definition) is 5. The van der Waals surface area contributed by atoms with Crippen molar-refractivity contribution < 1.29 is 8.42 Å². The Balaban J connectivity index is 2.17. The van der Waals surface area contributed by atoms with Crippen LogP contribution in [0, 0.1) is 0 Å². The average Bonchev–Trinajstić information content (AvgIpc) is 2.45. The summed E-state index contributed by atoms with van der Waals surface area (Å²) in [6.45, 7) is 0.665. The number of sulfone groups is 1. The summed E-state index contributed by atoms with van der Waals surface area (Å²) in [4.78, 5) is 6.49. The van der Waals surface area contributed by atoms with Gasteiger partial charge < -0.3 is 4.90 Å². The lowest BCUT2D eigenvalue weighted by atomic mass is 9.96. The van der Waals surface area contributed by atoms with Gasteiger partial charge in [0.1, 0.15) is 5.37 Å². The highest BCUT2D eigenvalue weighted by Gasteiger charge is 2.33. The third-order valence-electron chi connectivity index (χ3n) is 3.86. The Bertz CT molecular complexity index is 446. The lowest BCUT2D eigenvalue weighted by Gasteiger charge is -2.36. The summed E-state index contributed by atoms with van der Waals surface area (Å²) in [5.74, 6) is 7.61. The standard InChI is InChI=1S/C12H24N4O2S2/c1-20(17,18)11-9-19-8-7-16(11)12(15-13)14-10-5-3-2-4-6-10/h10-11H,2-9,13H2,1H3,(H,14,15). The Kier molecular flexibility index (Phi) is 5.57. The molecule has 8 heteroatoms. The minimum atomic E-state index is -3.14. The first kappa shape index (κ1) is 15.9. The maximum Gasteiger partial charge on any atom is 0.209 e. The number of aliphatic imine (C=N–C) groups is 1. The number of nitrogens with zero attached hydrogens (tertiary/aromatic N) is 2. The van der Waals surface area contributed by atoms with E-state index in [0.717, 1.165) is 18.6 Å². The molecule has 0 aromatic carbocycles. The van der Waals surface area contributed by atoms with Gasteiger partial charge in [0.2, 0.25) is 5.96 Å². The fraction of sp³-hybridized carbons (Fsp3) is 0.917. The number of thioether (sulfide) groups is 1. The number of hydrazine groups is 1. The van der Waals surface area contributed by atoms with E-state index in [1.807, 2.05) is 4.90 Å². The van der Waals surface area contributed by atoms with Crippen LogP contribution in [-0.4, -0.2) is 55.0 Å². The van der Waals surface area contributed by atoms with Crippen molar-refractivity contribution in [1.29, 1.82) is 0 Å². The first-order valence-corrected chi connectivity index (χ1v) is 10.2. The zero-order chi connectivity index (χ0) is 14.6. The molecule has 2 aliphatic rings. The van der Waals surface area contributed by atoms with Crippen LogP contribution in [0.4, 0.5) is 0 Å². The lowest BCUT2D eigenvalue weighted by molar-refractivity contribution is 0.382. The molecule has 0 aromatic rings. The molecule has 0 bridgehead atoms. The molecule has 0 amide bonds. The molecule has 1 aliphatic carbocycles. The van der Waals surface area contributed by atoms with E-state index in [0.29, 0.717) is 18.3 Å². The Morgan fingerprint density at radius 3 is 2.65 bits per heavy atom. The molecule has 116 valence electrons. The molecule has 1 heterocycles. The molecule has 1 aliphatic heterocycles. The maximum absolute atomic E-state index is 11.9. The quantitative estimate of drug-likeness (QED) is 0.334. The number of nitrogens with two attached hydrogens (primary N) is 1. The molecule has 2 fully saturated rings. The first-order valence-electron chi connectivity index (χ1n) is 7.10. The van der Waals surface area contributed by atoms with E-state index < -0.39 is 15.2 Å². The topological polar surface area (TPSA) is 87.8 Å². The van der Waals surface area contributed by atoms with Crippen molar-refractivity contribution in [3.63, 3.8) is 0 Å². The minimum absolute atomic E-state index is 0.268. The van der Waals surface area contributed by atoms with Crippen LogP contribution in [0.15, 0.2) is 4.99 Å². The summed E-state index contributed by atoms with van der Waals surface area (Å²) in [7, 11) is -3.14. The third kappa shape index (κ3) is 4.02. The average molecular weight is 320 g/mol. The lowest BCUT2D eigenvalue weighted by Crippen LogP contribution is -2.56. The van der Waals surface area contributed by atoms with E-state index in [9.17, 15) is 8.42 Å². The Labute approximate surface area is 125 Å². The van der Waals surface area contributed by atoms with Gasteiger partial charge in [0, 0.05) is 24.3 Å². The van der Waals surface area contributed by atoms with Crippen molar-refractivity contribution in [1.82, 2.24) is 10.3 Å². The summed E-state index contributed by atoms with van der Waals surface area (Å²) < 4.78 is 23.9. The molecule has 0 radical (unpaired) electrons. The largest absolute Gasteiger partial charge is 0.323 e. The Morgan fingerprint density at radius 2 is 2.05 bits per heavy atom. The van der Waals surface area contributed by atoms with Gasteiger partial charge in [-0.3, -0.25) is 5.43 Å². The molecule has 1 saturated carbocycles. The van der Waals surface area contributed by atoms with Crippen LogP contribution < -0.4 is 11.3 Å². The molecule has 1 unspecified atom stereocenters. The van der Waals surface area contributed by atoms with Gasteiger partial charge in [-0.15, -0.1) is 0 Å². The first-order chi connectivity index (χ1) is 9.52. The molecule has 20 heavy (non-hydrogen) atoms. The van der Waals surface area contributed by atoms with E-state index in [1.165, 1.54) is 25.5 Å². The Morgan fingerprint density at radius 1 is 1.35 bits per heavy atom. The molecule has 3 N–H and O–H groups in total. The van der Waals surface area contributed by atoms with Gasteiger partial charge in [-0.1, -0.05) is 19.3 Å². The predicted octanol–water partition coefficient (Wildman–Crippen LogP) is 0.558. The predicted molar refractivity (Wildman–Crippen MR) is 84.3 cm³/mol. The van der Waals surface area contributed by atoms with Crippen molar-refractivity contribution in [2.45, 2.75) is 43.5 Å². The molecular formula is C12H24N4O2S2. The molecule has 1 atom stereocenters. The van der Waals surface area contributed by atoms with Crippen LogP contribution in [0.25, 0.3) is 0 Å². The number of guanidine groups is 1. The van der Waals surface area contributed by atoms with Crippen molar-refractivity contribution in [2.75, 3.05) is 24.3 Å². The maximum atomic E-state index is 11.9. The van der Waals surface area contributed by atoms with Crippen LogP contribution in [0.3, 0.4) is 0 Å². The van der Waals surface area contributed by atoms with Gasteiger partial charge in [-0.2, -0.15) is 11.8 Å². The fourth-order valence-corrected chi connectivity index (χ4v) is 5.57. The van der Waals surface area contributed by atoms with Crippen molar-refractivity contribution in [3.8, 4) is 0 Å². The smallest absolute Gasteiger partial charge is 0.209 e. The van der Waals surface area contributed by atoms with E-state index in [1.54, 1.807) is 11.8 Å².